The fourth-order valence-corrected chi connectivity index (χ4v) is 10.4. The Hall–Kier alpha value is -6.06. The number of hydrogen-bond acceptors (Lipinski definition) is 16. The van der Waals surface area contributed by atoms with E-state index in [0.717, 1.165) is 92.3 Å². The van der Waals surface area contributed by atoms with Crippen molar-refractivity contribution in [1.29, 1.82) is 0 Å². The average molecular weight is 1020 g/mol. The zero-order chi connectivity index (χ0) is 47.0. The predicted octanol–water partition coefficient (Wildman–Crippen LogP) is 10.2. The number of esters is 1. The van der Waals surface area contributed by atoms with Crippen LogP contribution < -0.4 is 29.5 Å². The number of anilines is 4. The molecule has 0 bridgehead atoms. The van der Waals surface area contributed by atoms with E-state index in [1.807, 2.05) is 59.3 Å². The van der Waals surface area contributed by atoms with Crippen LogP contribution in [-0.2, 0) is 17.1 Å². The van der Waals surface area contributed by atoms with Crippen molar-refractivity contribution in [2.24, 2.45) is 0 Å². The first-order chi connectivity index (χ1) is 32.1. The number of carbonyl (C=O) groups is 2. The minimum absolute atomic E-state index is 0. The molecule has 2 fully saturated rings. The van der Waals surface area contributed by atoms with Gasteiger partial charge in [-0.2, -0.15) is 26.3 Å². The zero-order valence-corrected chi connectivity index (χ0v) is 39.2. The molecule has 10 rings (SSSR count). The second kappa shape index (κ2) is 20.9. The topological polar surface area (TPSA) is 195 Å². The Balaban J connectivity index is 0.000000198. The van der Waals surface area contributed by atoms with Crippen LogP contribution in [-0.4, -0.2) is 59.5 Å². The quantitative estimate of drug-likeness (QED) is 0.0595. The first kappa shape index (κ1) is 50.8. The van der Waals surface area contributed by atoms with Gasteiger partial charge >= 0.3 is 43.2 Å². The van der Waals surface area contributed by atoms with E-state index in [0.29, 0.717) is 40.6 Å². The number of rotatable bonds is 12. The normalized spacial score (nSPS) is 13.3. The molecular formula is C45H33F6LiN8O5S4. The minimum Gasteiger partial charge on any atom is -0.870 e. The third kappa shape index (κ3) is 11.7. The van der Waals surface area contributed by atoms with Crippen LogP contribution >= 0.6 is 45.3 Å². The maximum Gasteiger partial charge on any atom is 1.00 e. The summed E-state index contributed by atoms with van der Waals surface area (Å²) in [4.78, 5) is 51.4. The van der Waals surface area contributed by atoms with E-state index in [9.17, 15) is 41.0 Å². The first-order valence-corrected chi connectivity index (χ1v) is 23.5. The summed E-state index contributed by atoms with van der Waals surface area (Å²) in [6.45, 7) is 0. The molecule has 13 nitrogen and oxygen atoms in total. The van der Waals surface area contributed by atoms with E-state index in [1.54, 1.807) is 35.1 Å². The summed E-state index contributed by atoms with van der Waals surface area (Å²) in [6, 6.07) is 17.1. The molecule has 24 heteroatoms. The van der Waals surface area contributed by atoms with Gasteiger partial charge in [-0.25, -0.2) is 39.5 Å². The minimum atomic E-state index is -4.69. The molecule has 2 aliphatic rings. The average Bonchev–Trinajstić information content (AvgIpc) is 4.05. The number of nitrogens with zero attached hydrogens (tertiary/aromatic N) is 6. The van der Waals surface area contributed by atoms with Gasteiger partial charge < -0.3 is 26.0 Å². The fourth-order valence-electron chi connectivity index (χ4n) is 6.77. The van der Waals surface area contributed by atoms with Crippen LogP contribution in [0.15, 0.2) is 96.2 Å². The molecule has 69 heavy (non-hydrogen) atoms. The standard InChI is InChI=1S/C23H17F3N4O2S2.C22H15F3N4O2S2.Li.H2O/c1-32-21(31)16-10-15(23(24,25)26)11-28-19(16)30-22-29-17(18(34-22)13-4-5-13)12-2-6-14(7-3-12)20-27-8-9-33-20;23-22(24,25)14-9-15(20(30)31)18(27-10-14)29-21-28-16(17(33-21)12-3-4-12)11-1-5-13(6-2-11)19-26-7-8-32-19;;/h2-3,6-11,13H,4-5H2,1H3,(H,28,29,30);1-2,5-10,12H,3-4H2,(H,30,31)(H,27,28,29);;1H2/q;;+1;/p-1. The van der Waals surface area contributed by atoms with Crippen molar-refractivity contribution in [3.63, 3.8) is 0 Å². The van der Waals surface area contributed by atoms with Crippen molar-refractivity contribution in [1.82, 2.24) is 29.9 Å². The van der Waals surface area contributed by atoms with Crippen molar-refractivity contribution in [3.05, 3.63) is 128 Å². The predicted molar refractivity (Wildman–Crippen MR) is 247 cm³/mol. The van der Waals surface area contributed by atoms with Gasteiger partial charge in [-0.1, -0.05) is 48.5 Å². The van der Waals surface area contributed by atoms with E-state index >= 15 is 0 Å². The van der Waals surface area contributed by atoms with Crippen LogP contribution in [0, 0.1) is 0 Å². The Morgan fingerprint density at radius 2 is 1.03 bits per heavy atom. The molecule has 2 aromatic carbocycles. The van der Waals surface area contributed by atoms with Crippen molar-refractivity contribution < 1.29 is 70.1 Å². The molecule has 0 amide bonds. The number of methoxy groups -OCH3 is 1. The third-order valence-electron chi connectivity index (χ3n) is 10.4. The van der Waals surface area contributed by atoms with Crippen LogP contribution in [0.4, 0.5) is 48.2 Å². The number of benzene rings is 2. The van der Waals surface area contributed by atoms with Crippen LogP contribution in [0.1, 0.15) is 79.1 Å². The molecule has 8 aromatic rings. The molecule has 0 atom stereocenters. The Bertz CT molecular complexity index is 3070. The Morgan fingerprint density at radius 1 is 0.638 bits per heavy atom. The number of alkyl halides is 6. The number of aromatic carboxylic acids is 1. The Morgan fingerprint density at radius 3 is 1.38 bits per heavy atom. The summed E-state index contributed by atoms with van der Waals surface area (Å²) in [7, 11) is 1.11. The monoisotopic (exact) mass is 1010 g/mol. The number of halogens is 6. The Labute approximate surface area is 416 Å². The summed E-state index contributed by atoms with van der Waals surface area (Å²) in [6.07, 6.45) is -0.343. The van der Waals surface area contributed by atoms with Gasteiger partial charge in [-0.05, 0) is 49.7 Å². The molecule has 4 N–H and O–H groups in total. The maximum atomic E-state index is 13.1. The molecular weight excluding hydrogens is 982 g/mol. The molecule has 2 saturated carbocycles. The van der Waals surface area contributed by atoms with E-state index in [-0.39, 0.29) is 41.5 Å². The summed E-state index contributed by atoms with van der Waals surface area (Å²) in [5.74, 6) is -1.89. The number of aromatic nitrogens is 6. The summed E-state index contributed by atoms with van der Waals surface area (Å²) < 4.78 is 83.0. The van der Waals surface area contributed by atoms with Crippen LogP contribution in [0.3, 0.4) is 0 Å². The van der Waals surface area contributed by atoms with Crippen molar-refractivity contribution >= 4 is 79.2 Å². The summed E-state index contributed by atoms with van der Waals surface area (Å²) in [5, 5.41) is 21.7. The van der Waals surface area contributed by atoms with Gasteiger partial charge in [0.15, 0.2) is 10.3 Å². The fraction of sp³-hybridized carbons (Fsp3) is 0.200. The third-order valence-corrected chi connectivity index (χ3v) is 14.3. The van der Waals surface area contributed by atoms with E-state index < -0.39 is 41.0 Å². The van der Waals surface area contributed by atoms with Crippen molar-refractivity contribution in [2.45, 2.75) is 49.9 Å². The van der Waals surface area contributed by atoms with Crippen LogP contribution in [0.5, 0.6) is 0 Å². The van der Waals surface area contributed by atoms with E-state index in [1.165, 1.54) is 22.7 Å². The first-order valence-electron chi connectivity index (χ1n) is 20.1. The largest absolute Gasteiger partial charge is 1.00 e. The van der Waals surface area contributed by atoms with Gasteiger partial charge in [0, 0.05) is 67.6 Å². The number of carboxylic acid groups (broad SMARTS) is 1. The second-order valence-electron chi connectivity index (χ2n) is 15.1. The van der Waals surface area contributed by atoms with Crippen molar-refractivity contribution in [3.8, 4) is 43.7 Å². The number of nitrogens with one attached hydrogen (secondary N) is 2. The number of thiazole rings is 4. The Kier molecular flexibility index (Phi) is 15.4. The molecule has 350 valence electrons. The van der Waals surface area contributed by atoms with Gasteiger partial charge in [-0.15, -0.1) is 45.3 Å². The second-order valence-corrected chi connectivity index (χ2v) is 19.0. The number of carbonyl (C=O) groups excluding carboxylic acids is 1. The SMILES string of the molecule is COC(=O)c1cc(C(F)(F)F)cnc1Nc1nc(-c2ccc(-c3nccs3)cc2)c(C2CC2)s1.O=C(O)c1cc(C(F)(F)F)cnc1Nc1nc(-c2ccc(-c3nccs3)cc2)c(C2CC2)s1.[Li+].[OH-]. The zero-order valence-electron chi connectivity index (χ0n) is 35.9. The smallest absolute Gasteiger partial charge is 0.870 e. The number of carboxylic acids is 1. The van der Waals surface area contributed by atoms with Crippen molar-refractivity contribution in [2.75, 3.05) is 17.7 Å². The number of hydrogen-bond donors (Lipinski definition) is 3. The van der Waals surface area contributed by atoms with Gasteiger partial charge in [0.1, 0.15) is 32.8 Å². The van der Waals surface area contributed by atoms with Gasteiger partial charge in [0.05, 0.1) is 29.6 Å². The number of ether oxygens (including phenoxy) is 1. The molecule has 0 saturated heterocycles. The number of pyridine rings is 2. The van der Waals surface area contributed by atoms with Gasteiger partial charge in [0.25, 0.3) is 0 Å². The summed E-state index contributed by atoms with van der Waals surface area (Å²) in [5.41, 5.74) is 2.40. The van der Waals surface area contributed by atoms with E-state index in [2.05, 4.69) is 40.3 Å². The molecule has 6 aromatic heterocycles. The molecule has 2 aliphatic carbocycles. The maximum absolute atomic E-state index is 13.1. The molecule has 0 unspecified atom stereocenters. The molecule has 0 aliphatic heterocycles. The van der Waals surface area contributed by atoms with Gasteiger partial charge in [-0.3, -0.25) is 0 Å². The molecule has 0 spiro atoms. The van der Waals surface area contributed by atoms with Crippen LogP contribution in [0.25, 0.3) is 43.7 Å². The van der Waals surface area contributed by atoms with Gasteiger partial charge in [0.2, 0.25) is 0 Å². The van der Waals surface area contributed by atoms with Crippen LogP contribution in [0.2, 0.25) is 0 Å². The summed E-state index contributed by atoms with van der Waals surface area (Å²) >= 11 is 5.88. The van der Waals surface area contributed by atoms with E-state index in [4.69, 9.17) is 4.98 Å². The molecule has 6 heterocycles. The molecule has 0 radical (unpaired) electrons.